The lowest BCUT2D eigenvalue weighted by atomic mass is 9.94. The van der Waals surface area contributed by atoms with Crippen LogP contribution in [0.4, 0.5) is 13.2 Å². The van der Waals surface area contributed by atoms with Gasteiger partial charge in [-0.25, -0.2) is 4.98 Å². The molecule has 5 nitrogen and oxygen atoms in total. The summed E-state index contributed by atoms with van der Waals surface area (Å²) in [5.74, 6) is 0.0541. The molecular weight excluding hydrogens is 367 g/mol. The summed E-state index contributed by atoms with van der Waals surface area (Å²) < 4.78 is 37.5. The molecule has 1 aromatic heterocycles. The highest BCUT2D eigenvalue weighted by atomic mass is 32.2. The Balaban J connectivity index is 1.82. The van der Waals surface area contributed by atoms with Crippen molar-refractivity contribution >= 4 is 23.6 Å². The molecule has 0 unspecified atom stereocenters. The second-order valence-corrected chi connectivity index (χ2v) is 8.09. The highest BCUT2D eigenvalue weighted by molar-refractivity contribution is 7.99. The summed E-state index contributed by atoms with van der Waals surface area (Å²) in [6.07, 6.45) is -3.65. The van der Waals surface area contributed by atoms with Crippen LogP contribution in [0.3, 0.4) is 0 Å². The molecule has 9 heteroatoms. The molecule has 1 saturated heterocycles. The van der Waals surface area contributed by atoms with Crippen LogP contribution < -0.4 is 0 Å². The summed E-state index contributed by atoms with van der Waals surface area (Å²) in [5, 5.41) is 0.368. The molecule has 26 heavy (non-hydrogen) atoms. The smallest absolute Gasteiger partial charge is 0.339 e. The van der Waals surface area contributed by atoms with Gasteiger partial charge in [0.15, 0.2) is 0 Å². The van der Waals surface area contributed by atoms with Gasteiger partial charge < -0.3 is 9.80 Å². The van der Waals surface area contributed by atoms with Crippen LogP contribution in [0, 0.1) is 5.41 Å². The van der Waals surface area contributed by atoms with Gasteiger partial charge in [0.05, 0.1) is 16.3 Å². The molecule has 0 atom stereocenters. The summed E-state index contributed by atoms with van der Waals surface area (Å²) in [7, 11) is 0. The molecule has 0 bridgehead atoms. The van der Waals surface area contributed by atoms with Gasteiger partial charge in [0.2, 0.25) is 11.8 Å². The number of aromatic nitrogens is 1. The minimum Gasteiger partial charge on any atom is -0.339 e. The number of carbonyl (C=O) groups is 2. The molecule has 2 rings (SSSR count). The number of piperazine rings is 1. The quantitative estimate of drug-likeness (QED) is 0.746. The first-order valence-corrected chi connectivity index (χ1v) is 9.20. The standard InChI is InChI=1S/C17H22F3N3O2S/c1-16(2,3)15(25)23-8-6-22(7-9-23)14(24)11-26-13-5-4-12(10-21-13)17(18,19)20/h4-5,10H,6-9,11H2,1-3H3. The fourth-order valence-electron chi connectivity index (χ4n) is 2.49. The van der Waals surface area contributed by atoms with E-state index in [4.69, 9.17) is 0 Å². The van der Waals surface area contributed by atoms with E-state index >= 15 is 0 Å². The number of amides is 2. The van der Waals surface area contributed by atoms with E-state index in [2.05, 4.69) is 4.98 Å². The summed E-state index contributed by atoms with van der Waals surface area (Å²) >= 11 is 1.10. The monoisotopic (exact) mass is 389 g/mol. The molecule has 2 heterocycles. The van der Waals surface area contributed by atoms with Crippen LogP contribution in [0.2, 0.25) is 0 Å². The Morgan fingerprint density at radius 3 is 2.12 bits per heavy atom. The van der Waals surface area contributed by atoms with Crippen LogP contribution in [0.1, 0.15) is 26.3 Å². The van der Waals surface area contributed by atoms with Gasteiger partial charge >= 0.3 is 6.18 Å². The first kappa shape index (κ1) is 20.5. The van der Waals surface area contributed by atoms with E-state index in [1.807, 2.05) is 20.8 Å². The lowest BCUT2D eigenvalue weighted by molar-refractivity contribution is -0.144. The number of hydrogen-bond acceptors (Lipinski definition) is 4. The predicted molar refractivity (Wildman–Crippen MR) is 92.6 cm³/mol. The molecule has 0 N–H and O–H groups in total. The van der Waals surface area contributed by atoms with Crippen molar-refractivity contribution in [1.29, 1.82) is 0 Å². The van der Waals surface area contributed by atoms with E-state index in [9.17, 15) is 22.8 Å². The number of rotatable bonds is 3. The molecule has 0 radical (unpaired) electrons. The lowest BCUT2D eigenvalue weighted by Crippen LogP contribution is -2.53. The van der Waals surface area contributed by atoms with E-state index in [0.29, 0.717) is 31.2 Å². The maximum Gasteiger partial charge on any atom is 0.417 e. The zero-order valence-electron chi connectivity index (χ0n) is 15.0. The normalized spacial score (nSPS) is 15.9. The van der Waals surface area contributed by atoms with Crippen molar-refractivity contribution in [3.05, 3.63) is 23.9 Å². The third-order valence-corrected chi connectivity index (χ3v) is 4.90. The summed E-state index contributed by atoms with van der Waals surface area (Å²) in [6, 6.07) is 2.22. The molecule has 1 fully saturated rings. The van der Waals surface area contributed by atoms with E-state index < -0.39 is 17.2 Å². The van der Waals surface area contributed by atoms with Gasteiger partial charge in [0.25, 0.3) is 0 Å². The van der Waals surface area contributed by atoms with Gasteiger partial charge in [0.1, 0.15) is 0 Å². The minimum atomic E-state index is -4.42. The molecule has 1 aliphatic heterocycles. The number of thioether (sulfide) groups is 1. The Morgan fingerprint density at radius 2 is 1.65 bits per heavy atom. The molecule has 0 aromatic carbocycles. The number of hydrogen-bond donors (Lipinski definition) is 0. The van der Waals surface area contributed by atoms with Crippen molar-refractivity contribution in [2.45, 2.75) is 32.0 Å². The average Bonchev–Trinajstić information content (AvgIpc) is 2.58. The topological polar surface area (TPSA) is 53.5 Å². The Labute approximate surface area is 154 Å². The Hall–Kier alpha value is -1.77. The Morgan fingerprint density at radius 1 is 1.08 bits per heavy atom. The third-order valence-electron chi connectivity index (χ3n) is 3.97. The van der Waals surface area contributed by atoms with Crippen LogP contribution in [0.25, 0.3) is 0 Å². The molecule has 0 aliphatic carbocycles. The first-order chi connectivity index (χ1) is 12.0. The van der Waals surface area contributed by atoms with Crippen molar-refractivity contribution in [3.63, 3.8) is 0 Å². The van der Waals surface area contributed by atoms with Crippen molar-refractivity contribution in [2.75, 3.05) is 31.9 Å². The van der Waals surface area contributed by atoms with Gasteiger partial charge in [-0.15, -0.1) is 0 Å². The van der Waals surface area contributed by atoms with Crippen LogP contribution >= 0.6 is 11.8 Å². The van der Waals surface area contributed by atoms with Gasteiger partial charge in [0, 0.05) is 37.8 Å². The van der Waals surface area contributed by atoms with Gasteiger partial charge in [-0.1, -0.05) is 32.5 Å². The maximum atomic E-state index is 12.5. The SMILES string of the molecule is CC(C)(C)C(=O)N1CCN(C(=O)CSc2ccc(C(F)(F)F)cn2)CC1. The molecule has 144 valence electrons. The van der Waals surface area contributed by atoms with Crippen LogP contribution in [0.15, 0.2) is 23.4 Å². The van der Waals surface area contributed by atoms with Crippen molar-refractivity contribution < 1.29 is 22.8 Å². The van der Waals surface area contributed by atoms with Gasteiger partial charge in [-0.2, -0.15) is 13.2 Å². The first-order valence-electron chi connectivity index (χ1n) is 8.21. The molecule has 1 aliphatic rings. The maximum absolute atomic E-state index is 12.5. The van der Waals surface area contributed by atoms with Crippen LogP contribution in [-0.4, -0.2) is 58.5 Å². The second kappa shape index (κ2) is 7.85. The number of nitrogens with zero attached hydrogens (tertiary/aromatic N) is 3. The summed E-state index contributed by atoms with van der Waals surface area (Å²) in [6.45, 7) is 7.49. The van der Waals surface area contributed by atoms with Gasteiger partial charge in [-0.3, -0.25) is 9.59 Å². The second-order valence-electron chi connectivity index (χ2n) is 7.09. The van der Waals surface area contributed by atoms with Crippen molar-refractivity contribution in [2.24, 2.45) is 5.41 Å². The van der Waals surface area contributed by atoms with Crippen molar-refractivity contribution in [1.82, 2.24) is 14.8 Å². The third kappa shape index (κ3) is 5.36. The largest absolute Gasteiger partial charge is 0.417 e. The Bertz CT molecular complexity index is 649. The zero-order valence-corrected chi connectivity index (χ0v) is 15.8. The summed E-state index contributed by atoms with van der Waals surface area (Å²) in [4.78, 5) is 31.7. The molecule has 0 saturated carbocycles. The van der Waals surface area contributed by atoms with Gasteiger partial charge in [-0.05, 0) is 12.1 Å². The number of pyridine rings is 1. The highest BCUT2D eigenvalue weighted by Gasteiger charge is 2.32. The number of carbonyl (C=O) groups excluding carboxylic acids is 2. The van der Waals surface area contributed by atoms with E-state index in [1.54, 1.807) is 9.80 Å². The summed E-state index contributed by atoms with van der Waals surface area (Å²) in [5.41, 5.74) is -1.26. The Kier molecular flexibility index (Phi) is 6.21. The van der Waals surface area contributed by atoms with E-state index in [1.165, 1.54) is 6.07 Å². The molecular formula is C17H22F3N3O2S. The van der Waals surface area contributed by atoms with Crippen molar-refractivity contribution in [3.8, 4) is 0 Å². The minimum absolute atomic E-state index is 0.0629. The van der Waals surface area contributed by atoms with Crippen LogP contribution in [0.5, 0.6) is 0 Å². The molecule has 0 spiro atoms. The average molecular weight is 389 g/mol. The fourth-order valence-corrected chi connectivity index (χ4v) is 3.24. The number of alkyl halides is 3. The highest BCUT2D eigenvalue weighted by Crippen LogP contribution is 2.29. The lowest BCUT2D eigenvalue weighted by Gasteiger charge is -2.37. The number of halogens is 3. The van der Waals surface area contributed by atoms with E-state index in [-0.39, 0.29) is 17.6 Å². The molecule has 2 amide bonds. The van der Waals surface area contributed by atoms with E-state index in [0.717, 1.165) is 24.0 Å². The zero-order chi connectivity index (χ0) is 19.5. The predicted octanol–water partition coefficient (Wildman–Crippen LogP) is 2.91. The fraction of sp³-hybridized carbons (Fsp3) is 0.588. The molecule has 1 aromatic rings. The van der Waals surface area contributed by atoms with Crippen LogP contribution in [-0.2, 0) is 15.8 Å².